The molecule has 0 bridgehead atoms. The van der Waals surface area contributed by atoms with Gasteiger partial charge in [-0.1, -0.05) is 36.4 Å². The van der Waals surface area contributed by atoms with Crippen molar-refractivity contribution >= 4 is 11.9 Å². The Morgan fingerprint density at radius 1 is 1.09 bits per heavy atom. The van der Waals surface area contributed by atoms with Crippen LogP contribution in [0.4, 0.5) is 0 Å². The molecule has 0 saturated heterocycles. The van der Waals surface area contributed by atoms with Gasteiger partial charge in [-0.25, -0.2) is 4.79 Å². The minimum atomic E-state index is -0.527. The van der Waals surface area contributed by atoms with Crippen LogP contribution < -0.4 is 5.32 Å². The van der Waals surface area contributed by atoms with Crippen LogP contribution >= 0.6 is 0 Å². The molecule has 0 aliphatic rings. The van der Waals surface area contributed by atoms with Crippen molar-refractivity contribution in [1.29, 1.82) is 0 Å². The van der Waals surface area contributed by atoms with E-state index >= 15 is 0 Å². The van der Waals surface area contributed by atoms with Gasteiger partial charge in [0.1, 0.15) is 5.60 Å². The zero-order valence-electron chi connectivity index (χ0n) is 14.5. The van der Waals surface area contributed by atoms with E-state index in [1.54, 1.807) is 19.9 Å². The number of nitrogens with one attached hydrogen (secondary N) is 1. The van der Waals surface area contributed by atoms with Crippen molar-refractivity contribution in [3.05, 3.63) is 59.2 Å². The highest BCUT2D eigenvalue weighted by atomic mass is 16.6. The molecule has 0 heterocycles. The Balaban J connectivity index is 2.61. The second kappa shape index (κ2) is 8.32. The fraction of sp³-hybridized carbons (Fsp3) is 0.368. The maximum absolute atomic E-state index is 12.1. The standard InChI is InChI=1S/C19H25NO3/c1-14(11-12-17(21)23-19(3,4)5)15(2)18(22)20-13-16-9-7-6-8-10-16/h6-12H,13H2,1-5H3,(H,20,22)/b12-11+,15-14-. The van der Waals surface area contributed by atoms with E-state index in [1.807, 2.05) is 51.1 Å². The number of esters is 1. The van der Waals surface area contributed by atoms with Gasteiger partial charge in [-0.2, -0.15) is 0 Å². The summed E-state index contributed by atoms with van der Waals surface area (Å²) in [6, 6.07) is 9.70. The van der Waals surface area contributed by atoms with Gasteiger partial charge in [-0.15, -0.1) is 0 Å². The summed E-state index contributed by atoms with van der Waals surface area (Å²) in [5, 5.41) is 2.86. The molecular weight excluding hydrogens is 290 g/mol. The molecular formula is C19H25NO3. The molecule has 0 aliphatic carbocycles. The Labute approximate surface area is 138 Å². The molecule has 1 aromatic carbocycles. The second-order valence-electron chi connectivity index (χ2n) is 6.34. The van der Waals surface area contributed by atoms with E-state index in [1.165, 1.54) is 6.08 Å². The van der Waals surface area contributed by atoms with Crippen molar-refractivity contribution in [3.8, 4) is 0 Å². The zero-order valence-corrected chi connectivity index (χ0v) is 14.5. The number of rotatable bonds is 5. The predicted octanol–water partition coefficient (Wildman–Crippen LogP) is 3.54. The predicted molar refractivity (Wildman–Crippen MR) is 91.6 cm³/mol. The van der Waals surface area contributed by atoms with E-state index in [0.717, 1.165) is 11.1 Å². The number of allylic oxidation sites excluding steroid dienone is 2. The van der Waals surface area contributed by atoms with Gasteiger partial charge < -0.3 is 10.1 Å². The normalized spacial score (nSPS) is 12.7. The number of ether oxygens (including phenoxy) is 1. The van der Waals surface area contributed by atoms with E-state index in [2.05, 4.69) is 5.32 Å². The zero-order chi connectivity index (χ0) is 17.5. The molecule has 0 spiro atoms. The van der Waals surface area contributed by atoms with Crippen molar-refractivity contribution in [2.24, 2.45) is 0 Å². The van der Waals surface area contributed by atoms with Crippen molar-refractivity contribution in [3.63, 3.8) is 0 Å². The van der Waals surface area contributed by atoms with Crippen molar-refractivity contribution in [2.45, 2.75) is 46.8 Å². The first-order chi connectivity index (χ1) is 10.7. The second-order valence-corrected chi connectivity index (χ2v) is 6.34. The Kier molecular flexibility index (Phi) is 6.76. The summed E-state index contributed by atoms with van der Waals surface area (Å²) >= 11 is 0. The van der Waals surface area contributed by atoms with Gasteiger partial charge in [-0.3, -0.25) is 4.79 Å². The van der Waals surface area contributed by atoms with E-state index in [4.69, 9.17) is 4.74 Å². The lowest BCUT2D eigenvalue weighted by Gasteiger charge is -2.17. The molecule has 0 saturated carbocycles. The first kappa shape index (κ1) is 18.7. The third kappa shape index (κ3) is 7.45. The fourth-order valence-electron chi connectivity index (χ4n) is 1.74. The summed E-state index contributed by atoms with van der Waals surface area (Å²) < 4.78 is 5.18. The maximum atomic E-state index is 12.1. The van der Waals surface area contributed by atoms with E-state index in [-0.39, 0.29) is 5.91 Å². The van der Waals surface area contributed by atoms with E-state index in [0.29, 0.717) is 12.1 Å². The average molecular weight is 315 g/mol. The van der Waals surface area contributed by atoms with Gasteiger partial charge in [-0.05, 0) is 45.8 Å². The van der Waals surface area contributed by atoms with Gasteiger partial charge >= 0.3 is 5.97 Å². The minimum absolute atomic E-state index is 0.153. The topological polar surface area (TPSA) is 55.4 Å². The van der Waals surface area contributed by atoms with Crippen LogP contribution in [0.2, 0.25) is 0 Å². The van der Waals surface area contributed by atoms with Gasteiger partial charge in [0.2, 0.25) is 5.91 Å². The molecule has 23 heavy (non-hydrogen) atoms. The summed E-state index contributed by atoms with van der Waals surface area (Å²) in [5.74, 6) is -0.575. The Hall–Kier alpha value is -2.36. The molecule has 4 nitrogen and oxygen atoms in total. The van der Waals surface area contributed by atoms with Crippen molar-refractivity contribution in [1.82, 2.24) is 5.32 Å². The van der Waals surface area contributed by atoms with Crippen molar-refractivity contribution in [2.75, 3.05) is 0 Å². The molecule has 1 rings (SSSR count). The molecule has 0 aliphatic heterocycles. The molecule has 0 fully saturated rings. The molecule has 0 radical (unpaired) electrons. The van der Waals surface area contributed by atoms with E-state index in [9.17, 15) is 9.59 Å². The lowest BCUT2D eigenvalue weighted by molar-refractivity contribution is -0.148. The van der Waals surface area contributed by atoms with Crippen LogP contribution in [0, 0.1) is 0 Å². The first-order valence-electron chi connectivity index (χ1n) is 7.59. The summed E-state index contributed by atoms with van der Waals surface area (Å²) in [6.45, 7) is 9.42. The van der Waals surface area contributed by atoms with Crippen LogP contribution in [0.3, 0.4) is 0 Å². The minimum Gasteiger partial charge on any atom is -0.457 e. The van der Waals surface area contributed by atoms with Crippen LogP contribution in [0.15, 0.2) is 53.6 Å². The van der Waals surface area contributed by atoms with E-state index < -0.39 is 11.6 Å². The number of hydrogen-bond donors (Lipinski definition) is 1. The SMILES string of the molecule is CC(/C=C/C(=O)OC(C)(C)C)=C(\C)C(=O)NCc1ccccc1. The number of amides is 1. The summed E-state index contributed by atoms with van der Waals surface area (Å²) in [5.41, 5.74) is 1.80. The molecule has 124 valence electrons. The molecule has 1 aromatic rings. The molecule has 0 unspecified atom stereocenters. The smallest absolute Gasteiger partial charge is 0.331 e. The largest absolute Gasteiger partial charge is 0.457 e. The summed E-state index contributed by atoms with van der Waals surface area (Å²) in [4.78, 5) is 23.7. The van der Waals surface area contributed by atoms with Crippen LogP contribution in [0.5, 0.6) is 0 Å². The van der Waals surface area contributed by atoms with Crippen LogP contribution in [0.1, 0.15) is 40.2 Å². The van der Waals surface area contributed by atoms with Gasteiger partial charge in [0.05, 0.1) is 0 Å². The molecule has 1 N–H and O–H groups in total. The van der Waals surface area contributed by atoms with Crippen LogP contribution in [0.25, 0.3) is 0 Å². The number of carbonyl (C=O) groups is 2. The third-order valence-corrected chi connectivity index (χ3v) is 3.10. The Bertz CT molecular complexity index is 607. The van der Waals surface area contributed by atoms with Gasteiger partial charge in [0.15, 0.2) is 0 Å². The van der Waals surface area contributed by atoms with Gasteiger partial charge in [0, 0.05) is 18.2 Å². The monoisotopic (exact) mass is 315 g/mol. The number of benzene rings is 1. The van der Waals surface area contributed by atoms with Crippen LogP contribution in [-0.2, 0) is 20.9 Å². The van der Waals surface area contributed by atoms with Crippen molar-refractivity contribution < 1.29 is 14.3 Å². The lowest BCUT2D eigenvalue weighted by Crippen LogP contribution is -2.24. The Morgan fingerprint density at radius 2 is 1.70 bits per heavy atom. The first-order valence-corrected chi connectivity index (χ1v) is 7.59. The van der Waals surface area contributed by atoms with Crippen LogP contribution in [-0.4, -0.2) is 17.5 Å². The molecule has 1 amide bonds. The Morgan fingerprint density at radius 3 is 2.26 bits per heavy atom. The number of carbonyl (C=O) groups excluding carboxylic acids is 2. The highest BCUT2D eigenvalue weighted by Gasteiger charge is 2.14. The highest BCUT2D eigenvalue weighted by Crippen LogP contribution is 2.09. The molecule has 4 heteroatoms. The average Bonchev–Trinajstić information content (AvgIpc) is 2.48. The summed E-state index contributed by atoms with van der Waals surface area (Å²) in [6.07, 6.45) is 2.94. The van der Waals surface area contributed by atoms with Gasteiger partial charge in [0.25, 0.3) is 0 Å². The third-order valence-electron chi connectivity index (χ3n) is 3.10. The lowest BCUT2D eigenvalue weighted by atomic mass is 10.1. The fourth-order valence-corrected chi connectivity index (χ4v) is 1.74. The quantitative estimate of drug-likeness (QED) is 0.514. The maximum Gasteiger partial charge on any atom is 0.331 e. The summed E-state index contributed by atoms with van der Waals surface area (Å²) in [7, 11) is 0. The molecule has 0 aromatic heterocycles. The highest BCUT2D eigenvalue weighted by molar-refractivity contribution is 5.94. The number of hydrogen-bond acceptors (Lipinski definition) is 3. The molecule has 0 atom stereocenters.